The second-order valence-corrected chi connectivity index (χ2v) is 4.63. The quantitative estimate of drug-likeness (QED) is 0.630. The fraction of sp³-hybridized carbons (Fsp3) is 0.571. The van der Waals surface area contributed by atoms with E-state index in [-0.39, 0.29) is 0 Å². The molecule has 19 heavy (non-hydrogen) atoms. The number of pyridine rings is 1. The first-order valence-electron chi connectivity index (χ1n) is 6.69. The molecule has 1 aromatic heterocycles. The van der Waals surface area contributed by atoms with Crippen LogP contribution in [0.3, 0.4) is 0 Å². The largest absolute Gasteiger partial charge is 0.464 e. The minimum atomic E-state index is -0.425. The van der Waals surface area contributed by atoms with Gasteiger partial charge in [0.1, 0.15) is 5.69 Å². The minimum absolute atomic E-state index is 0.309. The molecule has 0 atom stereocenters. The Kier molecular flexibility index (Phi) is 5.15. The number of nitrogens with one attached hydrogen (secondary N) is 1. The highest BCUT2D eigenvalue weighted by molar-refractivity contribution is 5.88. The van der Waals surface area contributed by atoms with Gasteiger partial charge in [-0.1, -0.05) is 12.8 Å². The first-order valence-corrected chi connectivity index (χ1v) is 6.69. The number of esters is 1. The van der Waals surface area contributed by atoms with E-state index in [1.54, 1.807) is 12.3 Å². The van der Waals surface area contributed by atoms with Crippen LogP contribution in [0.25, 0.3) is 0 Å². The predicted molar refractivity (Wildman–Crippen MR) is 72.3 cm³/mol. The third-order valence-electron chi connectivity index (χ3n) is 3.24. The average Bonchev–Trinajstić information content (AvgIpc) is 2.96. The average molecular weight is 264 g/mol. The Labute approximate surface area is 113 Å². The van der Waals surface area contributed by atoms with Crippen LogP contribution in [-0.2, 0) is 9.47 Å². The monoisotopic (exact) mass is 264 g/mol. The van der Waals surface area contributed by atoms with Crippen LogP contribution >= 0.6 is 0 Å². The zero-order valence-electron chi connectivity index (χ0n) is 11.2. The third kappa shape index (κ3) is 4.21. The molecule has 5 heteroatoms. The molecule has 0 bridgehead atoms. The lowest BCUT2D eigenvalue weighted by atomic mass is 10.3. The van der Waals surface area contributed by atoms with Crippen molar-refractivity contribution in [1.29, 1.82) is 0 Å². The van der Waals surface area contributed by atoms with Crippen LogP contribution in [0.15, 0.2) is 18.3 Å². The molecule has 0 saturated heterocycles. The fourth-order valence-electron chi connectivity index (χ4n) is 2.23. The molecule has 1 saturated carbocycles. The molecule has 1 heterocycles. The SMILES string of the molecule is COC(=O)c1cc(NCCOC2CCCC2)ccn1. The summed E-state index contributed by atoms with van der Waals surface area (Å²) in [5.74, 6) is -0.425. The summed E-state index contributed by atoms with van der Waals surface area (Å²) in [6.45, 7) is 1.40. The van der Waals surface area contributed by atoms with Crippen molar-refractivity contribution >= 4 is 11.7 Å². The molecule has 0 amide bonds. The lowest BCUT2D eigenvalue weighted by molar-refractivity contribution is 0.0594. The Balaban J connectivity index is 1.74. The zero-order chi connectivity index (χ0) is 13.5. The minimum Gasteiger partial charge on any atom is -0.464 e. The molecule has 0 spiro atoms. The number of methoxy groups -OCH3 is 1. The molecule has 1 aliphatic carbocycles. The summed E-state index contributed by atoms with van der Waals surface area (Å²) in [6.07, 6.45) is 6.95. The van der Waals surface area contributed by atoms with Gasteiger partial charge >= 0.3 is 5.97 Å². The van der Waals surface area contributed by atoms with Crippen LogP contribution in [0.4, 0.5) is 5.69 Å². The Bertz CT molecular complexity index is 417. The normalized spacial score (nSPS) is 15.4. The van der Waals surface area contributed by atoms with E-state index in [0.29, 0.717) is 18.4 Å². The van der Waals surface area contributed by atoms with Gasteiger partial charge < -0.3 is 14.8 Å². The van der Waals surface area contributed by atoms with E-state index < -0.39 is 5.97 Å². The zero-order valence-corrected chi connectivity index (χ0v) is 11.2. The number of hydrogen-bond donors (Lipinski definition) is 1. The standard InChI is InChI=1S/C14H20N2O3/c1-18-14(17)13-10-11(6-7-16-13)15-8-9-19-12-4-2-3-5-12/h6-7,10,12H,2-5,8-9H2,1H3,(H,15,16). The molecule has 1 N–H and O–H groups in total. The molecule has 1 fully saturated rings. The molecular weight excluding hydrogens is 244 g/mol. The Morgan fingerprint density at radius 2 is 2.26 bits per heavy atom. The lowest BCUT2D eigenvalue weighted by Crippen LogP contribution is -2.15. The van der Waals surface area contributed by atoms with Gasteiger partial charge in [0, 0.05) is 18.4 Å². The van der Waals surface area contributed by atoms with Crippen LogP contribution in [-0.4, -0.2) is 37.3 Å². The van der Waals surface area contributed by atoms with E-state index in [9.17, 15) is 4.79 Å². The molecule has 5 nitrogen and oxygen atoms in total. The van der Waals surface area contributed by atoms with E-state index >= 15 is 0 Å². The summed E-state index contributed by atoms with van der Waals surface area (Å²) in [4.78, 5) is 15.3. The van der Waals surface area contributed by atoms with Crippen LogP contribution < -0.4 is 5.32 Å². The summed E-state index contributed by atoms with van der Waals surface area (Å²) >= 11 is 0. The molecular formula is C14H20N2O3. The maximum absolute atomic E-state index is 11.3. The lowest BCUT2D eigenvalue weighted by Gasteiger charge is -2.12. The molecule has 0 aliphatic heterocycles. The number of nitrogens with zero attached hydrogens (tertiary/aromatic N) is 1. The topological polar surface area (TPSA) is 60.5 Å². The Hall–Kier alpha value is -1.62. The Morgan fingerprint density at radius 3 is 3.00 bits per heavy atom. The van der Waals surface area contributed by atoms with Gasteiger partial charge in [-0.05, 0) is 25.0 Å². The van der Waals surface area contributed by atoms with Crippen molar-refractivity contribution in [2.45, 2.75) is 31.8 Å². The van der Waals surface area contributed by atoms with E-state index in [1.165, 1.54) is 32.8 Å². The van der Waals surface area contributed by atoms with Crippen LogP contribution in [0.1, 0.15) is 36.2 Å². The van der Waals surface area contributed by atoms with Crippen LogP contribution in [0, 0.1) is 0 Å². The van der Waals surface area contributed by atoms with E-state index in [2.05, 4.69) is 15.0 Å². The van der Waals surface area contributed by atoms with Crippen molar-refractivity contribution < 1.29 is 14.3 Å². The maximum atomic E-state index is 11.3. The first kappa shape index (κ1) is 13.8. The van der Waals surface area contributed by atoms with Gasteiger partial charge in [0.25, 0.3) is 0 Å². The van der Waals surface area contributed by atoms with E-state index in [4.69, 9.17) is 4.74 Å². The maximum Gasteiger partial charge on any atom is 0.356 e. The first-order chi connectivity index (χ1) is 9.29. The molecule has 0 radical (unpaired) electrons. The third-order valence-corrected chi connectivity index (χ3v) is 3.24. The second kappa shape index (κ2) is 7.09. The summed E-state index contributed by atoms with van der Waals surface area (Å²) in [7, 11) is 1.35. The number of ether oxygens (including phenoxy) is 2. The number of aromatic nitrogens is 1. The van der Waals surface area contributed by atoms with Gasteiger partial charge in [0.2, 0.25) is 0 Å². The van der Waals surface area contributed by atoms with E-state index in [0.717, 1.165) is 12.2 Å². The number of anilines is 1. The molecule has 1 aliphatic rings. The fourth-order valence-corrected chi connectivity index (χ4v) is 2.23. The molecule has 104 valence electrons. The van der Waals surface area contributed by atoms with Crippen molar-refractivity contribution in [3.63, 3.8) is 0 Å². The highest BCUT2D eigenvalue weighted by Crippen LogP contribution is 2.20. The van der Waals surface area contributed by atoms with Crippen LogP contribution in [0.5, 0.6) is 0 Å². The Morgan fingerprint density at radius 1 is 1.47 bits per heavy atom. The smallest absolute Gasteiger partial charge is 0.356 e. The van der Waals surface area contributed by atoms with Crippen molar-refractivity contribution in [2.24, 2.45) is 0 Å². The summed E-state index contributed by atoms with van der Waals surface area (Å²) in [5.41, 5.74) is 1.16. The van der Waals surface area contributed by atoms with Gasteiger partial charge in [-0.25, -0.2) is 9.78 Å². The highest BCUT2D eigenvalue weighted by atomic mass is 16.5. The summed E-state index contributed by atoms with van der Waals surface area (Å²) < 4.78 is 10.4. The number of carbonyl (C=O) groups is 1. The highest BCUT2D eigenvalue weighted by Gasteiger charge is 2.14. The van der Waals surface area contributed by atoms with Crippen LogP contribution in [0.2, 0.25) is 0 Å². The van der Waals surface area contributed by atoms with Gasteiger partial charge in [-0.3, -0.25) is 0 Å². The van der Waals surface area contributed by atoms with Crippen molar-refractivity contribution in [2.75, 3.05) is 25.6 Å². The predicted octanol–water partition coefficient (Wildman–Crippen LogP) is 2.24. The van der Waals surface area contributed by atoms with Gasteiger partial charge in [0.15, 0.2) is 0 Å². The number of carbonyl (C=O) groups excluding carboxylic acids is 1. The van der Waals surface area contributed by atoms with Gasteiger partial charge in [-0.15, -0.1) is 0 Å². The second-order valence-electron chi connectivity index (χ2n) is 4.63. The van der Waals surface area contributed by atoms with E-state index in [1.807, 2.05) is 6.07 Å². The van der Waals surface area contributed by atoms with Gasteiger partial charge in [-0.2, -0.15) is 0 Å². The van der Waals surface area contributed by atoms with Crippen molar-refractivity contribution in [3.05, 3.63) is 24.0 Å². The number of hydrogen-bond acceptors (Lipinski definition) is 5. The summed E-state index contributed by atoms with van der Waals surface area (Å²) in [6, 6.07) is 3.50. The molecule has 2 rings (SSSR count). The van der Waals surface area contributed by atoms with Crippen molar-refractivity contribution in [3.8, 4) is 0 Å². The number of rotatable bonds is 6. The summed E-state index contributed by atoms with van der Waals surface area (Å²) in [5, 5.41) is 3.22. The molecule has 1 aromatic rings. The molecule has 0 unspecified atom stereocenters. The van der Waals surface area contributed by atoms with Gasteiger partial charge in [0.05, 0.1) is 19.8 Å². The van der Waals surface area contributed by atoms with Crippen molar-refractivity contribution in [1.82, 2.24) is 4.98 Å². The molecule has 0 aromatic carbocycles.